The molecule has 2 fully saturated rings. The number of carbonyl (C=O) groups excluding carboxylic acids is 1. The van der Waals surface area contributed by atoms with Crippen molar-refractivity contribution in [1.82, 2.24) is 9.21 Å². The van der Waals surface area contributed by atoms with Crippen LogP contribution in [0.5, 0.6) is 0 Å². The highest BCUT2D eigenvalue weighted by atomic mass is 32.2. The predicted octanol–water partition coefficient (Wildman–Crippen LogP) is 4.12. The first kappa shape index (κ1) is 20.3. The van der Waals surface area contributed by atoms with Gasteiger partial charge in [0.05, 0.1) is 6.04 Å². The predicted molar refractivity (Wildman–Crippen MR) is 117 cm³/mol. The summed E-state index contributed by atoms with van der Waals surface area (Å²) < 4.78 is 26.8. The SMILES string of the molecule is O=C(C1CCN(S(=O)(=O)/C=C/c2ccccc2)CC1)N1CCCC1c1cccs1. The minimum Gasteiger partial charge on any atom is -0.335 e. The van der Waals surface area contributed by atoms with Crippen LogP contribution in [0, 0.1) is 5.92 Å². The molecule has 5 nitrogen and oxygen atoms in total. The third-order valence-electron chi connectivity index (χ3n) is 5.80. The summed E-state index contributed by atoms with van der Waals surface area (Å²) in [5.74, 6) is 0.109. The second-order valence-corrected chi connectivity index (χ2v) is 10.4. The summed E-state index contributed by atoms with van der Waals surface area (Å²) >= 11 is 1.71. The van der Waals surface area contributed by atoms with E-state index in [1.165, 1.54) is 14.6 Å². The molecule has 1 amide bonds. The molecule has 0 aliphatic carbocycles. The Bertz CT molecular complexity index is 947. The van der Waals surface area contributed by atoms with Crippen molar-refractivity contribution >= 4 is 33.3 Å². The number of amides is 1. The van der Waals surface area contributed by atoms with Crippen molar-refractivity contribution in [2.24, 2.45) is 5.92 Å². The van der Waals surface area contributed by atoms with Gasteiger partial charge in [0.2, 0.25) is 15.9 Å². The molecular weight excluding hydrogens is 404 g/mol. The monoisotopic (exact) mass is 430 g/mol. The van der Waals surface area contributed by atoms with E-state index in [-0.39, 0.29) is 17.9 Å². The van der Waals surface area contributed by atoms with Crippen molar-refractivity contribution in [3.63, 3.8) is 0 Å². The van der Waals surface area contributed by atoms with E-state index in [0.29, 0.717) is 25.9 Å². The van der Waals surface area contributed by atoms with Crippen molar-refractivity contribution in [3.05, 3.63) is 63.7 Å². The number of rotatable bonds is 5. The summed E-state index contributed by atoms with van der Waals surface area (Å²) in [6, 6.07) is 13.7. The second kappa shape index (κ2) is 8.81. The Morgan fingerprint density at radius 2 is 1.76 bits per heavy atom. The van der Waals surface area contributed by atoms with Gasteiger partial charge in [0, 0.05) is 35.8 Å². The number of sulfonamides is 1. The van der Waals surface area contributed by atoms with Gasteiger partial charge in [-0.3, -0.25) is 4.79 Å². The van der Waals surface area contributed by atoms with Gasteiger partial charge in [-0.05, 0) is 48.8 Å². The zero-order chi connectivity index (χ0) is 20.3. The molecule has 1 atom stereocenters. The first-order valence-electron chi connectivity index (χ1n) is 10.1. The Morgan fingerprint density at radius 1 is 1.00 bits per heavy atom. The number of hydrogen-bond donors (Lipinski definition) is 0. The molecule has 0 bridgehead atoms. The molecule has 0 spiro atoms. The van der Waals surface area contributed by atoms with E-state index in [2.05, 4.69) is 11.4 Å². The fraction of sp³-hybridized carbons (Fsp3) is 0.409. The smallest absolute Gasteiger partial charge is 0.236 e. The Balaban J connectivity index is 1.36. The van der Waals surface area contributed by atoms with Crippen LogP contribution in [-0.4, -0.2) is 43.2 Å². The molecule has 2 saturated heterocycles. The molecule has 0 radical (unpaired) electrons. The lowest BCUT2D eigenvalue weighted by Crippen LogP contribution is -2.43. The lowest BCUT2D eigenvalue weighted by molar-refractivity contribution is -0.137. The summed E-state index contributed by atoms with van der Waals surface area (Å²) in [5, 5.41) is 3.33. The van der Waals surface area contributed by atoms with Crippen LogP contribution in [0.25, 0.3) is 6.08 Å². The van der Waals surface area contributed by atoms with Crippen LogP contribution in [0.3, 0.4) is 0 Å². The molecule has 0 saturated carbocycles. The van der Waals surface area contributed by atoms with Gasteiger partial charge < -0.3 is 4.90 Å². The topological polar surface area (TPSA) is 57.7 Å². The maximum absolute atomic E-state index is 13.1. The molecule has 4 rings (SSSR count). The maximum Gasteiger partial charge on any atom is 0.236 e. The van der Waals surface area contributed by atoms with E-state index < -0.39 is 10.0 Å². The first-order valence-corrected chi connectivity index (χ1v) is 12.5. The quantitative estimate of drug-likeness (QED) is 0.717. The Morgan fingerprint density at radius 3 is 2.45 bits per heavy atom. The third-order valence-corrected chi connectivity index (χ3v) is 8.34. The summed E-state index contributed by atoms with van der Waals surface area (Å²) in [6.07, 6.45) is 4.85. The van der Waals surface area contributed by atoms with Gasteiger partial charge in [0.15, 0.2) is 0 Å². The van der Waals surface area contributed by atoms with Crippen molar-refractivity contribution in [1.29, 1.82) is 0 Å². The lowest BCUT2D eigenvalue weighted by Gasteiger charge is -2.33. The second-order valence-electron chi connectivity index (χ2n) is 7.64. The molecule has 1 aromatic heterocycles. The number of nitrogens with zero attached hydrogens (tertiary/aromatic N) is 2. The highest BCUT2D eigenvalue weighted by molar-refractivity contribution is 7.92. The van der Waals surface area contributed by atoms with Gasteiger partial charge in [-0.25, -0.2) is 8.42 Å². The first-order chi connectivity index (χ1) is 14.0. The van der Waals surface area contributed by atoms with Gasteiger partial charge in [0.25, 0.3) is 0 Å². The van der Waals surface area contributed by atoms with Crippen LogP contribution in [0.4, 0.5) is 0 Å². The minimum atomic E-state index is -3.47. The number of carbonyl (C=O) groups is 1. The van der Waals surface area contributed by atoms with Crippen molar-refractivity contribution in [3.8, 4) is 0 Å². The molecule has 2 aliphatic rings. The normalized spacial score (nSPS) is 21.8. The highest BCUT2D eigenvalue weighted by Crippen LogP contribution is 2.36. The van der Waals surface area contributed by atoms with Crippen LogP contribution in [-0.2, 0) is 14.8 Å². The molecule has 29 heavy (non-hydrogen) atoms. The molecule has 0 N–H and O–H groups in total. The van der Waals surface area contributed by atoms with Crippen molar-refractivity contribution in [2.75, 3.05) is 19.6 Å². The Kier molecular flexibility index (Phi) is 6.18. The number of thiophene rings is 1. The fourth-order valence-electron chi connectivity index (χ4n) is 4.21. The number of hydrogen-bond acceptors (Lipinski definition) is 4. The van der Waals surface area contributed by atoms with Crippen LogP contribution in [0.1, 0.15) is 42.2 Å². The van der Waals surface area contributed by atoms with E-state index in [1.54, 1.807) is 17.4 Å². The van der Waals surface area contributed by atoms with Gasteiger partial charge in [0.1, 0.15) is 0 Å². The molecular formula is C22H26N2O3S2. The summed E-state index contributed by atoms with van der Waals surface area (Å²) in [6.45, 7) is 1.60. The maximum atomic E-state index is 13.1. The average molecular weight is 431 g/mol. The van der Waals surface area contributed by atoms with E-state index in [1.807, 2.05) is 41.3 Å². The molecule has 2 aliphatic heterocycles. The molecule has 1 unspecified atom stereocenters. The Labute approximate surface area is 176 Å². The van der Waals surface area contributed by atoms with Gasteiger partial charge in [-0.1, -0.05) is 36.4 Å². The molecule has 7 heteroatoms. The molecule has 1 aromatic carbocycles. The zero-order valence-electron chi connectivity index (χ0n) is 16.3. The summed E-state index contributed by atoms with van der Waals surface area (Å²) in [7, 11) is -3.47. The third kappa shape index (κ3) is 4.63. The average Bonchev–Trinajstić information content (AvgIpc) is 3.44. The molecule has 3 heterocycles. The van der Waals surface area contributed by atoms with Crippen LogP contribution >= 0.6 is 11.3 Å². The molecule has 154 valence electrons. The van der Waals surface area contributed by atoms with Crippen LogP contribution in [0.15, 0.2) is 53.3 Å². The van der Waals surface area contributed by atoms with Crippen LogP contribution in [0.2, 0.25) is 0 Å². The van der Waals surface area contributed by atoms with E-state index in [4.69, 9.17) is 0 Å². The van der Waals surface area contributed by atoms with Crippen molar-refractivity contribution in [2.45, 2.75) is 31.7 Å². The lowest BCUT2D eigenvalue weighted by atomic mass is 9.96. The molecule has 2 aromatic rings. The number of benzene rings is 1. The standard InChI is InChI=1S/C22H26N2O3S2/c25-22(24-13-4-8-20(24)21-9-5-16-28-21)19-10-14-23(15-11-19)29(26,27)17-12-18-6-2-1-3-7-18/h1-3,5-7,9,12,16-17,19-20H,4,8,10-11,13-15H2/b17-12+. The van der Waals surface area contributed by atoms with E-state index in [9.17, 15) is 13.2 Å². The summed E-state index contributed by atoms with van der Waals surface area (Å²) in [5.41, 5.74) is 0.856. The van der Waals surface area contributed by atoms with E-state index in [0.717, 1.165) is 24.9 Å². The Hall–Kier alpha value is -1.96. The van der Waals surface area contributed by atoms with Gasteiger partial charge in [-0.15, -0.1) is 11.3 Å². The highest BCUT2D eigenvalue weighted by Gasteiger charge is 2.37. The van der Waals surface area contributed by atoms with E-state index >= 15 is 0 Å². The van der Waals surface area contributed by atoms with Crippen LogP contribution < -0.4 is 0 Å². The summed E-state index contributed by atoms with van der Waals surface area (Å²) in [4.78, 5) is 16.4. The van der Waals surface area contributed by atoms with Gasteiger partial charge in [-0.2, -0.15) is 4.31 Å². The fourth-order valence-corrected chi connectivity index (χ4v) is 6.31. The zero-order valence-corrected chi connectivity index (χ0v) is 17.9. The number of likely N-dealkylation sites (tertiary alicyclic amines) is 1. The largest absolute Gasteiger partial charge is 0.335 e. The number of piperidine rings is 1. The van der Waals surface area contributed by atoms with Gasteiger partial charge >= 0.3 is 0 Å². The van der Waals surface area contributed by atoms with Crippen molar-refractivity contribution < 1.29 is 13.2 Å². The minimum absolute atomic E-state index is 0.0832.